The number of hydrogen-bond acceptors (Lipinski definition) is 3. The van der Waals surface area contributed by atoms with E-state index in [2.05, 4.69) is 0 Å². The Morgan fingerprint density at radius 1 is 0.880 bits per heavy atom. The number of amides is 2. The molecular formula is C20H12FNO2S. The molecule has 1 fully saturated rings. The minimum Gasteiger partial charge on any atom is -0.268 e. The molecule has 0 saturated carbocycles. The summed E-state index contributed by atoms with van der Waals surface area (Å²) in [5.41, 5.74) is 1.24. The molecule has 0 N–H and O–H groups in total. The van der Waals surface area contributed by atoms with Crippen LogP contribution in [-0.4, -0.2) is 11.1 Å². The molecule has 3 nitrogen and oxygen atoms in total. The van der Waals surface area contributed by atoms with Crippen molar-refractivity contribution in [1.82, 2.24) is 0 Å². The van der Waals surface area contributed by atoms with Gasteiger partial charge in [-0.25, -0.2) is 9.29 Å². The van der Waals surface area contributed by atoms with Gasteiger partial charge in [0.2, 0.25) is 0 Å². The first-order valence-corrected chi connectivity index (χ1v) is 8.46. The number of rotatable bonds is 2. The maximum absolute atomic E-state index is 13.1. The first-order valence-electron chi connectivity index (χ1n) is 7.65. The molecule has 1 heterocycles. The van der Waals surface area contributed by atoms with E-state index in [-0.39, 0.29) is 5.24 Å². The number of halogens is 1. The van der Waals surface area contributed by atoms with E-state index in [0.29, 0.717) is 10.6 Å². The highest BCUT2D eigenvalue weighted by molar-refractivity contribution is 8.19. The van der Waals surface area contributed by atoms with E-state index < -0.39 is 11.7 Å². The molecule has 3 aromatic rings. The number of fused-ring (bicyclic) bond motifs is 1. The molecule has 0 spiro atoms. The van der Waals surface area contributed by atoms with Gasteiger partial charge in [-0.15, -0.1) is 0 Å². The Morgan fingerprint density at radius 2 is 1.60 bits per heavy atom. The minimum atomic E-state index is -0.415. The fourth-order valence-electron chi connectivity index (χ4n) is 2.80. The van der Waals surface area contributed by atoms with Crippen LogP contribution in [0.2, 0.25) is 0 Å². The second-order valence-electron chi connectivity index (χ2n) is 5.56. The van der Waals surface area contributed by atoms with Crippen molar-refractivity contribution in [2.75, 3.05) is 4.90 Å². The number of carbonyl (C=O) groups is 2. The Morgan fingerprint density at radius 3 is 2.40 bits per heavy atom. The van der Waals surface area contributed by atoms with Gasteiger partial charge < -0.3 is 0 Å². The maximum Gasteiger partial charge on any atom is 0.298 e. The van der Waals surface area contributed by atoms with Gasteiger partial charge in [-0.1, -0.05) is 42.5 Å². The van der Waals surface area contributed by atoms with Crippen molar-refractivity contribution in [3.63, 3.8) is 0 Å². The van der Waals surface area contributed by atoms with Crippen molar-refractivity contribution in [1.29, 1.82) is 0 Å². The topological polar surface area (TPSA) is 37.4 Å². The average molecular weight is 349 g/mol. The molecule has 0 radical (unpaired) electrons. The zero-order valence-corrected chi connectivity index (χ0v) is 13.8. The fourth-order valence-corrected chi connectivity index (χ4v) is 3.63. The number of imide groups is 1. The summed E-state index contributed by atoms with van der Waals surface area (Å²) in [4.78, 5) is 26.4. The van der Waals surface area contributed by atoms with Crippen molar-refractivity contribution in [3.8, 4) is 0 Å². The largest absolute Gasteiger partial charge is 0.298 e. The number of anilines is 1. The lowest BCUT2D eigenvalue weighted by Gasteiger charge is -2.11. The van der Waals surface area contributed by atoms with Gasteiger partial charge in [0.1, 0.15) is 5.82 Å². The zero-order chi connectivity index (χ0) is 17.4. The molecule has 0 aliphatic carbocycles. The lowest BCUT2D eigenvalue weighted by molar-refractivity contribution is -0.113. The third-order valence-corrected chi connectivity index (χ3v) is 4.86. The average Bonchev–Trinajstić information content (AvgIpc) is 2.90. The molecule has 122 valence electrons. The van der Waals surface area contributed by atoms with Gasteiger partial charge in [-0.3, -0.25) is 9.59 Å². The van der Waals surface area contributed by atoms with Gasteiger partial charge in [0.15, 0.2) is 0 Å². The van der Waals surface area contributed by atoms with Crippen molar-refractivity contribution in [2.45, 2.75) is 0 Å². The summed E-state index contributed by atoms with van der Waals surface area (Å²) in [6.45, 7) is 0. The third kappa shape index (κ3) is 2.83. The lowest BCUT2D eigenvalue weighted by atomic mass is 10.0. The number of thioether (sulfide) groups is 1. The number of nitrogens with zero attached hydrogens (tertiary/aromatic N) is 1. The van der Waals surface area contributed by atoms with Crippen LogP contribution in [0.1, 0.15) is 5.56 Å². The Hall–Kier alpha value is -2.92. The first-order chi connectivity index (χ1) is 12.1. The van der Waals surface area contributed by atoms with Crippen molar-refractivity contribution in [3.05, 3.63) is 83.0 Å². The van der Waals surface area contributed by atoms with E-state index in [9.17, 15) is 14.0 Å². The van der Waals surface area contributed by atoms with Gasteiger partial charge in [-0.05, 0) is 58.4 Å². The van der Waals surface area contributed by atoms with Crippen molar-refractivity contribution < 1.29 is 14.0 Å². The highest BCUT2D eigenvalue weighted by Gasteiger charge is 2.36. The summed E-state index contributed by atoms with van der Waals surface area (Å²) in [5.74, 6) is -0.809. The molecule has 5 heteroatoms. The van der Waals surface area contributed by atoms with E-state index in [1.54, 1.807) is 6.08 Å². The predicted octanol–water partition coefficient (Wildman–Crippen LogP) is 5.22. The van der Waals surface area contributed by atoms with Gasteiger partial charge >= 0.3 is 0 Å². The fraction of sp³-hybridized carbons (Fsp3) is 0. The quantitative estimate of drug-likeness (QED) is 0.595. The van der Waals surface area contributed by atoms with Crippen molar-refractivity contribution >= 4 is 45.4 Å². The third-order valence-electron chi connectivity index (χ3n) is 3.99. The highest BCUT2D eigenvalue weighted by Crippen LogP contribution is 2.36. The molecular weight excluding hydrogens is 337 g/mol. The molecule has 1 aliphatic heterocycles. The van der Waals surface area contributed by atoms with Crippen LogP contribution in [0.25, 0.3) is 16.8 Å². The maximum atomic E-state index is 13.1. The Labute approximate surface area is 147 Å². The van der Waals surface area contributed by atoms with Crippen LogP contribution in [0.3, 0.4) is 0 Å². The van der Waals surface area contributed by atoms with Crippen LogP contribution in [0.4, 0.5) is 14.9 Å². The molecule has 0 aromatic heterocycles. The molecule has 0 bridgehead atoms. The lowest BCUT2D eigenvalue weighted by Crippen LogP contribution is -2.27. The second-order valence-corrected chi connectivity index (χ2v) is 6.56. The number of hydrogen-bond donors (Lipinski definition) is 0. The van der Waals surface area contributed by atoms with Crippen LogP contribution in [0.5, 0.6) is 0 Å². The Kier molecular flexibility index (Phi) is 3.86. The van der Waals surface area contributed by atoms with Crippen LogP contribution in [0.15, 0.2) is 71.6 Å². The molecule has 1 saturated heterocycles. The van der Waals surface area contributed by atoms with E-state index in [0.717, 1.165) is 33.0 Å². The molecule has 4 rings (SSSR count). The van der Waals surface area contributed by atoms with Gasteiger partial charge in [0.05, 0.1) is 10.6 Å². The monoisotopic (exact) mass is 349 g/mol. The summed E-state index contributed by atoms with van der Waals surface area (Å²) in [5, 5.41) is 1.69. The van der Waals surface area contributed by atoms with Crippen LogP contribution in [-0.2, 0) is 4.79 Å². The Balaban J connectivity index is 1.74. The minimum absolute atomic E-state index is 0.352. The molecule has 25 heavy (non-hydrogen) atoms. The molecule has 0 atom stereocenters. The number of carbonyl (C=O) groups excluding carboxylic acids is 2. The normalized spacial score (nSPS) is 16.2. The van der Waals surface area contributed by atoms with Gasteiger partial charge in [0.25, 0.3) is 11.1 Å². The molecule has 1 aliphatic rings. The van der Waals surface area contributed by atoms with Crippen LogP contribution in [0, 0.1) is 5.82 Å². The molecule has 0 unspecified atom stereocenters. The van der Waals surface area contributed by atoms with Crippen LogP contribution < -0.4 is 4.90 Å². The standard InChI is InChI=1S/C20H12FNO2S/c21-15-8-10-16(11-9-15)22-19(23)18(25-20(22)24)12-14-6-3-5-13-4-1-2-7-17(13)14/h1-12H/b18-12-. The van der Waals surface area contributed by atoms with Crippen LogP contribution >= 0.6 is 11.8 Å². The zero-order valence-electron chi connectivity index (χ0n) is 13.0. The van der Waals surface area contributed by atoms with Crippen molar-refractivity contribution in [2.24, 2.45) is 0 Å². The smallest absolute Gasteiger partial charge is 0.268 e. The summed E-state index contributed by atoms with van der Waals surface area (Å²) < 4.78 is 13.1. The van der Waals surface area contributed by atoms with E-state index >= 15 is 0 Å². The van der Waals surface area contributed by atoms with Gasteiger partial charge in [-0.2, -0.15) is 0 Å². The van der Waals surface area contributed by atoms with Gasteiger partial charge in [0, 0.05) is 0 Å². The highest BCUT2D eigenvalue weighted by atomic mass is 32.2. The Bertz CT molecular complexity index is 1020. The van der Waals surface area contributed by atoms with E-state index in [1.165, 1.54) is 24.3 Å². The summed E-state index contributed by atoms with van der Waals surface area (Å²) in [7, 11) is 0. The molecule has 3 aromatic carbocycles. The SMILES string of the molecule is O=C1S/C(=C\c2cccc3ccccc23)C(=O)N1c1ccc(F)cc1. The van der Waals surface area contributed by atoms with E-state index in [1.807, 2.05) is 42.5 Å². The molecule has 2 amide bonds. The first kappa shape index (κ1) is 15.6. The summed E-state index contributed by atoms with van der Waals surface area (Å²) in [6, 6.07) is 19.0. The van der Waals surface area contributed by atoms with E-state index in [4.69, 9.17) is 0 Å². The predicted molar refractivity (Wildman–Crippen MR) is 98.8 cm³/mol. The number of benzene rings is 3. The second kappa shape index (κ2) is 6.18. The summed E-state index contributed by atoms with van der Waals surface area (Å²) in [6.07, 6.45) is 1.73. The summed E-state index contributed by atoms with van der Waals surface area (Å²) >= 11 is 0.889.